The standard InChI is InChI=1S/C23H34N4O3/c1-3-24-23(25-11-4-12-29-17-19-9-13-28-14-10-19)27-16-22-26-15-21(30-22)20-7-5-18(2)6-8-20/h5-8,15,19H,3-4,9-14,16-17H2,1-2H3,(H2,24,25,27). The lowest BCUT2D eigenvalue weighted by Gasteiger charge is -2.21. The Kier molecular flexibility index (Phi) is 9.18. The Morgan fingerprint density at radius 3 is 2.77 bits per heavy atom. The number of aliphatic imine (C=N–C) groups is 1. The molecule has 1 fully saturated rings. The summed E-state index contributed by atoms with van der Waals surface area (Å²) in [5.41, 5.74) is 2.24. The molecular weight excluding hydrogens is 380 g/mol. The summed E-state index contributed by atoms with van der Waals surface area (Å²) in [6.45, 7) is 9.44. The highest BCUT2D eigenvalue weighted by Gasteiger charge is 2.13. The summed E-state index contributed by atoms with van der Waals surface area (Å²) >= 11 is 0. The first-order valence-electron chi connectivity index (χ1n) is 10.9. The van der Waals surface area contributed by atoms with Crippen LogP contribution in [0, 0.1) is 12.8 Å². The van der Waals surface area contributed by atoms with Gasteiger partial charge in [-0.15, -0.1) is 0 Å². The fourth-order valence-electron chi connectivity index (χ4n) is 3.27. The van der Waals surface area contributed by atoms with Gasteiger partial charge in [-0.1, -0.05) is 29.8 Å². The Morgan fingerprint density at radius 1 is 1.20 bits per heavy atom. The number of hydrogen-bond acceptors (Lipinski definition) is 5. The van der Waals surface area contributed by atoms with Crippen molar-refractivity contribution in [1.29, 1.82) is 0 Å². The largest absolute Gasteiger partial charge is 0.439 e. The average Bonchev–Trinajstić information content (AvgIpc) is 3.24. The molecule has 1 aliphatic rings. The molecule has 3 rings (SSSR count). The number of oxazole rings is 1. The van der Waals surface area contributed by atoms with Gasteiger partial charge in [-0.25, -0.2) is 9.98 Å². The summed E-state index contributed by atoms with van der Waals surface area (Å²) in [6.07, 6.45) is 4.92. The van der Waals surface area contributed by atoms with Crippen LogP contribution < -0.4 is 10.6 Å². The molecule has 0 unspecified atom stereocenters. The predicted octanol–water partition coefficient (Wildman–Crippen LogP) is 3.54. The Bertz CT molecular complexity index is 767. The van der Waals surface area contributed by atoms with Gasteiger partial charge in [0.2, 0.25) is 5.89 Å². The van der Waals surface area contributed by atoms with Crippen molar-refractivity contribution < 1.29 is 13.9 Å². The molecular formula is C23H34N4O3. The number of nitrogens with one attached hydrogen (secondary N) is 2. The van der Waals surface area contributed by atoms with Gasteiger partial charge in [0.05, 0.1) is 6.20 Å². The van der Waals surface area contributed by atoms with Crippen LogP contribution in [0.15, 0.2) is 39.9 Å². The van der Waals surface area contributed by atoms with Crippen LogP contribution in [0.1, 0.15) is 37.6 Å². The van der Waals surface area contributed by atoms with Gasteiger partial charge in [0.1, 0.15) is 6.54 Å². The highest BCUT2D eigenvalue weighted by molar-refractivity contribution is 5.79. The Hall–Kier alpha value is -2.38. The zero-order valence-electron chi connectivity index (χ0n) is 18.2. The number of aryl methyl sites for hydroxylation is 1. The number of ether oxygens (including phenoxy) is 2. The molecule has 2 aromatic rings. The van der Waals surface area contributed by atoms with E-state index in [1.807, 2.05) is 12.1 Å². The third kappa shape index (κ3) is 7.46. The van der Waals surface area contributed by atoms with E-state index < -0.39 is 0 Å². The van der Waals surface area contributed by atoms with Crippen LogP contribution in [0.5, 0.6) is 0 Å². The van der Waals surface area contributed by atoms with Gasteiger partial charge in [0, 0.05) is 45.1 Å². The van der Waals surface area contributed by atoms with Crippen molar-refractivity contribution in [2.45, 2.75) is 39.7 Å². The van der Waals surface area contributed by atoms with E-state index in [9.17, 15) is 0 Å². The second-order valence-corrected chi connectivity index (χ2v) is 7.59. The Labute approximate surface area is 179 Å². The van der Waals surface area contributed by atoms with Crippen molar-refractivity contribution in [2.75, 3.05) is 39.5 Å². The number of nitrogens with zero attached hydrogens (tertiary/aromatic N) is 2. The molecule has 0 saturated carbocycles. The van der Waals surface area contributed by atoms with E-state index in [0.29, 0.717) is 18.4 Å². The van der Waals surface area contributed by atoms with Crippen LogP contribution in [0.3, 0.4) is 0 Å². The van der Waals surface area contributed by atoms with Gasteiger partial charge in [-0.05, 0) is 39.0 Å². The van der Waals surface area contributed by atoms with E-state index in [-0.39, 0.29) is 0 Å². The molecule has 0 aliphatic carbocycles. The molecule has 30 heavy (non-hydrogen) atoms. The van der Waals surface area contributed by atoms with E-state index in [0.717, 1.165) is 76.1 Å². The molecule has 1 aromatic carbocycles. The van der Waals surface area contributed by atoms with Gasteiger partial charge >= 0.3 is 0 Å². The third-order valence-electron chi connectivity index (χ3n) is 5.06. The predicted molar refractivity (Wildman–Crippen MR) is 118 cm³/mol. The van der Waals surface area contributed by atoms with Crippen molar-refractivity contribution >= 4 is 5.96 Å². The number of benzene rings is 1. The molecule has 1 saturated heterocycles. The minimum atomic E-state index is 0.390. The smallest absolute Gasteiger partial charge is 0.216 e. The molecule has 0 radical (unpaired) electrons. The van der Waals surface area contributed by atoms with Crippen LogP contribution in [0.2, 0.25) is 0 Å². The zero-order chi connectivity index (χ0) is 21.0. The van der Waals surface area contributed by atoms with Crippen molar-refractivity contribution in [2.24, 2.45) is 10.9 Å². The molecule has 7 heteroatoms. The lowest BCUT2D eigenvalue weighted by molar-refractivity contribution is 0.0203. The lowest BCUT2D eigenvalue weighted by Crippen LogP contribution is -2.38. The van der Waals surface area contributed by atoms with E-state index in [2.05, 4.69) is 46.6 Å². The zero-order valence-corrected chi connectivity index (χ0v) is 18.2. The van der Waals surface area contributed by atoms with Crippen LogP contribution in [0.25, 0.3) is 11.3 Å². The van der Waals surface area contributed by atoms with Crippen molar-refractivity contribution in [3.05, 3.63) is 41.9 Å². The van der Waals surface area contributed by atoms with E-state index in [4.69, 9.17) is 13.9 Å². The Morgan fingerprint density at radius 2 is 2.00 bits per heavy atom. The van der Waals surface area contributed by atoms with E-state index in [1.165, 1.54) is 5.56 Å². The maximum atomic E-state index is 5.85. The summed E-state index contributed by atoms with van der Waals surface area (Å²) < 4.78 is 17.0. The van der Waals surface area contributed by atoms with Crippen LogP contribution in [0.4, 0.5) is 0 Å². The van der Waals surface area contributed by atoms with Crippen molar-refractivity contribution in [1.82, 2.24) is 15.6 Å². The van der Waals surface area contributed by atoms with E-state index >= 15 is 0 Å². The fraction of sp³-hybridized carbons (Fsp3) is 0.565. The molecule has 164 valence electrons. The minimum Gasteiger partial charge on any atom is -0.439 e. The van der Waals surface area contributed by atoms with Crippen LogP contribution >= 0.6 is 0 Å². The average molecular weight is 415 g/mol. The maximum absolute atomic E-state index is 5.85. The highest BCUT2D eigenvalue weighted by atomic mass is 16.5. The highest BCUT2D eigenvalue weighted by Crippen LogP contribution is 2.21. The normalized spacial score (nSPS) is 15.3. The topological polar surface area (TPSA) is 80.9 Å². The van der Waals surface area contributed by atoms with Gasteiger partial charge in [-0.2, -0.15) is 0 Å². The maximum Gasteiger partial charge on any atom is 0.216 e. The molecule has 2 heterocycles. The molecule has 1 aromatic heterocycles. The minimum absolute atomic E-state index is 0.390. The van der Waals surface area contributed by atoms with Gasteiger partial charge in [0.25, 0.3) is 0 Å². The van der Waals surface area contributed by atoms with Crippen molar-refractivity contribution in [3.63, 3.8) is 0 Å². The molecule has 7 nitrogen and oxygen atoms in total. The van der Waals surface area contributed by atoms with E-state index in [1.54, 1.807) is 6.20 Å². The van der Waals surface area contributed by atoms with Gasteiger partial charge in [-0.3, -0.25) is 0 Å². The van der Waals surface area contributed by atoms with Gasteiger partial charge in [0.15, 0.2) is 11.7 Å². The molecule has 0 amide bonds. The second-order valence-electron chi connectivity index (χ2n) is 7.59. The lowest BCUT2D eigenvalue weighted by atomic mass is 10.0. The van der Waals surface area contributed by atoms with Crippen LogP contribution in [-0.4, -0.2) is 50.5 Å². The first kappa shape index (κ1) is 22.3. The molecule has 0 bridgehead atoms. The van der Waals surface area contributed by atoms with Crippen molar-refractivity contribution in [3.8, 4) is 11.3 Å². The summed E-state index contributed by atoms with van der Waals surface area (Å²) in [4.78, 5) is 8.93. The third-order valence-corrected chi connectivity index (χ3v) is 5.06. The molecule has 0 spiro atoms. The number of hydrogen-bond donors (Lipinski definition) is 2. The van der Waals surface area contributed by atoms with Crippen LogP contribution in [-0.2, 0) is 16.0 Å². The summed E-state index contributed by atoms with van der Waals surface area (Å²) in [5.74, 6) is 2.77. The molecule has 0 atom stereocenters. The number of rotatable bonds is 10. The van der Waals surface area contributed by atoms with Gasteiger partial charge < -0.3 is 24.5 Å². The Balaban J connectivity index is 1.39. The SMILES string of the molecule is CCNC(=NCc1ncc(-c2ccc(C)cc2)o1)NCCCOCC1CCOCC1. The quantitative estimate of drug-likeness (QED) is 0.352. The first-order chi connectivity index (χ1) is 14.7. The summed E-state index contributed by atoms with van der Waals surface area (Å²) in [6, 6.07) is 8.21. The fourth-order valence-corrected chi connectivity index (χ4v) is 3.27. The number of aromatic nitrogens is 1. The monoisotopic (exact) mass is 414 g/mol. The molecule has 2 N–H and O–H groups in total. The summed E-state index contributed by atoms with van der Waals surface area (Å²) in [7, 11) is 0. The number of guanidine groups is 1. The summed E-state index contributed by atoms with van der Waals surface area (Å²) in [5, 5.41) is 6.60. The first-order valence-corrected chi connectivity index (χ1v) is 10.9. The second kappa shape index (κ2) is 12.3. The molecule has 1 aliphatic heterocycles.